The summed E-state index contributed by atoms with van der Waals surface area (Å²) in [6, 6.07) is -0.884. The van der Waals surface area contributed by atoms with Crippen LogP contribution >= 0.6 is 0 Å². The first-order chi connectivity index (χ1) is 10.8. The highest BCUT2D eigenvalue weighted by molar-refractivity contribution is 6.57. The maximum Gasteiger partial charge on any atom is 0.374 e. The van der Waals surface area contributed by atoms with Crippen molar-refractivity contribution in [3.63, 3.8) is 0 Å². The third-order valence-electron chi connectivity index (χ3n) is 3.13. The maximum atomic E-state index is 12.1. The summed E-state index contributed by atoms with van der Waals surface area (Å²) in [7, 11) is 3.96. The third kappa shape index (κ3) is 6.83. The van der Waals surface area contributed by atoms with Gasteiger partial charge >= 0.3 is 13.0 Å². The van der Waals surface area contributed by atoms with Crippen molar-refractivity contribution < 1.29 is 29.0 Å². The average molecular weight is 323 g/mol. The molecule has 11 heteroatoms. The van der Waals surface area contributed by atoms with Crippen molar-refractivity contribution in [2.75, 3.05) is 6.54 Å². The van der Waals surface area contributed by atoms with Gasteiger partial charge in [0.05, 0.1) is 0 Å². The van der Waals surface area contributed by atoms with Crippen molar-refractivity contribution >= 4 is 38.5 Å². The Hall–Kier alpha value is -1.87. The minimum absolute atomic E-state index is 0.0133. The minimum Gasteiger partial charge on any atom is -0.437 e. The molecule has 1 aliphatic rings. The van der Waals surface area contributed by atoms with Crippen LogP contribution in [0.15, 0.2) is 0 Å². The first-order valence-electron chi connectivity index (χ1n) is 7.36. The third-order valence-corrected chi connectivity index (χ3v) is 3.13. The van der Waals surface area contributed by atoms with Crippen LogP contribution in [0, 0.1) is 0 Å². The van der Waals surface area contributed by atoms with Gasteiger partial charge in [-0.15, -0.1) is 5.06 Å². The van der Waals surface area contributed by atoms with E-state index in [-0.39, 0.29) is 12.8 Å². The molecule has 1 rings (SSSR count). The lowest BCUT2D eigenvalue weighted by Crippen LogP contribution is -2.48. The Bertz CT molecular complexity index is 458. The molecule has 0 aromatic carbocycles. The average Bonchev–Trinajstić information content (AvgIpc) is 2.76. The van der Waals surface area contributed by atoms with Crippen LogP contribution < -0.4 is 10.5 Å². The number of hydroxylamine groups is 2. The van der Waals surface area contributed by atoms with Gasteiger partial charge in [-0.3, -0.25) is 14.4 Å². The van der Waals surface area contributed by atoms with E-state index in [0.29, 0.717) is 30.9 Å². The zero-order valence-electron chi connectivity index (χ0n) is 12.9. The summed E-state index contributed by atoms with van der Waals surface area (Å²) in [5.41, 5.74) is 0. The van der Waals surface area contributed by atoms with Crippen LogP contribution in [0.3, 0.4) is 0 Å². The van der Waals surface area contributed by atoms with Gasteiger partial charge in [0, 0.05) is 19.4 Å². The summed E-state index contributed by atoms with van der Waals surface area (Å²) in [4.78, 5) is 50.3. The normalized spacial score (nSPS) is 15.5. The number of carbonyl (C=O) groups is 4. The summed E-state index contributed by atoms with van der Waals surface area (Å²) in [6.45, 7) is 1.79. The molecule has 1 fully saturated rings. The van der Waals surface area contributed by atoms with E-state index in [0.717, 1.165) is 0 Å². The SMILES string of the molecule is [B]C(=O)NCCCC[C@H](NB(C)O)C(=O)ON1C(=O)CCC1=O. The first-order valence-corrected chi connectivity index (χ1v) is 7.36. The fourth-order valence-electron chi connectivity index (χ4n) is 2.06. The summed E-state index contributed by atoms with van der Waals surface area (Å²) in [5, 5.41) is 14.9. The Kier molecular flexibility index (Phi) is 7.76. The molecule has 0 saturated carbocycles. The predicted octanol–water partition coefficient (Wildman–Crippen LogP) is -1.29. The molecule has 1 saturated heterocycles. The van der Waals surface area contributed by atoms with Crippen LogP contribution in [-0.4, -0.2) is 61.2 Å². The molecular weight excluding hydrogens is 304 g/mol. The number of carbonyl (C=O) groups excluding carboxylic acids is 4. The van der Waals surface area contributed by atoms with Gasteiger partial charge in [0.25, 0.3) is 11.8 Å². The number of unbranched alkanes of at least 4 members (excludes halogenated alkanes) is 1. The number of hydrogen-bond donors (Lipinski definition) is 3. The second kappa shape index (κ2) is 9.31. The Morgan fingerprint density at radius 2 is 1.96 bits per heavy atom. The molecule has 3 N–H and O–H groups in total. The zero-order valence-corrected chi connectivity index (χ0v) is 12.9. The van der Waals surface area contributed by atoms with Gasteiger partial charge in [-0.05, 0) is 26.1 Å². The Labute approximate surface area is 135 Å². The largest absolute Gasteiger partial charge is 0.437 e. The summed E-state index contributed by atoms with van der Waals surface area (Å²) in [6.07, 6.45) is 1.41. The van der Waals surface area contributed by atoms with E-state index < -0.39 is 36.7 Å². The lowest BCUT2D eigenvalue weighted by molar-refractivity contribution is -0.198. The van der Waals surface area contributed by atoms with Crippen molar-refractivity contribution in [2.45, 2.75) is 45.0 Å². The van der Waals surface area contributed by atoms with Crippen LogP contribution in [-0.2, 0) is 19.2 Å². The molecule has 0 aromatic rings. The highest BCUT2D eigenvalue weighted by Gasteiger charge is 2.35. The Balaban J connectivity index is 2.48. The highest BCUT2D eigenvalue weighted by atomic mass is 16.7. The van der Waals surface area contributed by atoms with E-state index in [4.69, 9.17) is 12.7 Å². The summed E-state index contributed by atoms with van der Waals surface area (Å²) in [5.74, 6) is -2.58. The monoisotopic (exact) mass is 323 g/mol. The highest BCUT2D eigenvalue weighted by Crippen LogP contribution is 2.14. The van der Waals surface area contributed by atoms with Crippen molar-refractivity contribution in [1.29, 1.82) is 0 Å². The second-order valence-electron chi connectivity index (χ2n) is 5.17. The molecule has 0 aromatic heterocycles. The minimum atomic E-state index is -0.971. The quantitative estimate of drug-likeness (QED) is 0.274. The fraction of sp³-hybridized carbons (Fsp3) is 0.667. The van der Waals surface area contributed by atoms with E-state index in [1.807, 2.05) is 0 Å². The molecule has 1 heterocycles. The summed E-state index contributed by atoms with van der Waals surface area (Å²) >= 11 is 0. The zero-order chi connectivity index (χ0) is 17.4. The van der Waals surface area contributed by atoms with Gasteiger partial charge < -0.3 is 20.4 Å². The van der Waals surface area contributed by atoms with E-state index in [1.165, 1.54) is 6.82 Å². The molecular formula is C12H19B2N3O6. The second-order valence-corrected chi connectivity index (χ2v) is 5.17. The van der Waals surface area contributed by atoms with Crippen molar-refractivity contribution in [2.24, 2.45) is 0 Å². The first kappa shape index (κ1) is 19.2. The van der Waals surface area contributed by atoms with Crippen LogP contribution in [0.25, 0.3) is 0 Å². The van der Waals surface area contributed by atoms with Crippen molar-refractivity contribution in [3.8, 4) is 0 Å². The molecule has 23 heavy (non-hydrogen) atoms. The van der Waals surface area contributed by atoms with Gasteiger partial charge in [-0.2, -0.15) is 0 Å². The standard InChI is InChI=1S/C12H19B2N3O6/c1-14(22)16-8(4-2-3-7-15-12(13)21)11(20)23-17-9(18)5-6-10(17)19/h8,16,22H,2-7H2,1H3,(H,15,21)/t8-/m0/s1. The number of imide groups is 1. The lowest BCUT2D eigenvalue weighted by atomic mass is 9.86. The lowest BCUT2D eigenvalue weighted by Gasteiger charge is -2.20. The van der Waals surface area contributed by atoms with Gasteiger partial charge in [-0.25, -0.2) is 4.79 Å². The molecule has 3 amide bonds. The van der Waals surface area contributed by atoms with E-state index in [9.17, 15) is 24.2 Å². The van der Waals surface area contributed by atoms with Gasteiger partial charge in [0.1, 0.15) is 6.04 Å². The number of nitrogens with zero attached hydrogens (tertiary/aromatic N) is 1. The number of rotatable bonds is 9. The van der Waals surface area contributed by atoms with Crippen LogP contribution in [0.4, 0.5) is 4.79 Å². The predicted molar refractivity (Wildman–Crippen MR) is 80.9 cm³/mol. The Morgan fingerprint density at radius 3 is 2.48 bits per heavy atom. The smallest absolute Gasteiger partial charge is 0.374 e. The molecule has 124 valence electrons. The maximum absolute atomic E-state index is 12.1. The molecule has 9 nitrogen and oxygen atoms in total. The molecule has 1 aliphatic heterocycles. The molecule has 0 unspecified atom stereocenters. The molecule has 0 aliphatic carbocycles. The van der Waals surface area contributed by atoms with E-state index in [2.05, 4.69) is 10.5 Å². The number of nitrogens with one attached hydrogen (secondary N) is 2. The number of amides is 3. The molecule has 0 spiro atoms. The molecule has 2 radical (unpaired) electrons. The van der Waals surface area contributed by atoms with Gasteiger partial charge in [0.2, 0.25) is 0 Å². The van der Waals surface area contributed by atoms with Gasteiger partial charge in [-0.1, -0.05) is 0 Å². The van der Waals surface area contributed by atoms with Crippen molar-refractivity contribution in [1.82, 2.24) is 15.6 Å². The van der Waals surface area contributed by atoms with Crippen molar-refractivity contribution in [3.05, 3.63) is 0 Å². The van der Waals surface area contributed by atoms with Crippen LogP contribution in [0.2, 0.25) is 6.82 Å². The van der Waals surface area contributed by atoms with Crippen LogP contribution in [0.5, 0.6) is 0 Å². The number of hydrogen-bond acceptors (Lipinski definition) is 7. The topological polar surface area (TPSA) is 125 Å². The fourth-order valence-corrected chi connectivity index (χ4v) is 2.06. The summed E-state index contributed by atoms with van der Waals surface area (Å²) < 4.78 is 0. The molecule has 0 bridgehead atoms. The van der Waals surface area contributed by atoms with E-state index >= 15 is 0 Å². The molecule has 1 atom stereocenters. The van der Waals surface area contributed by atoms with E-state index in [1.54, 1.807) is 0 Å². The van der Waals surface area contributed by atoms with Gasteiger partial charge in [0.15, 0.2) is 13.7 Å². The van der Waals surface area contributed by atoms with Crippen LogP contribution in [0.1, 0.15) is 32.1 Å². The Morgan fingerprint density at radius 1 is 1.35 bits per heavy atom.